The van der Waals surface area contributed by atoms with Crippen LogP contribution in [0.3, 0.4) is 0 Å². The van der Waals surface area contributed by atoms with Gasteiger partial charge >= 0.3 is 0 Å². The minimum absolute atomic E-state index is 0.0605. The molecular weight excluding hydrogens is 330 g/mol. The highest BCUT2D eigenvalue weighted by Gasteiger charge is 2.32. The molecular formula is C21H29NO4. The third-order valence-electron chi connectivity index (χ3n) is 4.48. The Morgan fingerprint density at radius 1 is 1.12 bits per heavy atom. The maximum absolute atomic E-state index is 12.0. The number of methoxy groups -OCH3 is 1. The first-order chi connectivity index (χ1) is 11.9. The molecule has 1 aliphatic heterocycles. The van der Waals surface area contributed by atoms with Gasteiger partial charge in [-0.15, -0.1) is 0 Å². The molecule has 1 heterocycles. The van der Waals surface area contributed by atoms with Gasteiger partial charge in [-0.1, -0.05) is 40.7 Å². The molecule has 0 bridgehead atoms. The number of carbonyl (C=O) groups is 2. The molecule has 142 valence electrons. The summed E-state index contributed by atoms with van der Waals surface area (Å²) >= 11 is 0. The number of ether oxygens (including phenoxy) is 2. The van der Waals surface area contributed by atoms with Crippen LogP contribution in [-0.2, 0) is 15.0 Å². The molecule has 0 aromatic heterocycles. The van der Waals surface area contributed by atoms with Crippen LogP contribution in [0.4, 0.5) is 0 Å². The van der Waals surface area contributed by atoms with Crippen LogP contribution < -0.4 is 9.47 Å². The maximum Gasteiger partial charge on any atom is 0.260 e. The smallest absolute Gasteiger partial charge is 0.260 e. The number of hydrogen-bond donors (Lipinski definition) is 0. The van der Waals surface area contributed by atoms with E-state index in [1.54, 1.807) is 14.2 Å². The highest BCUT2D eigenvalue weighted by Crippen LogP contribution is 2.39. The molecule has 1 saturated heterocycles. The minimum Gasteiger partial charge on any atom is -0.493 e. The van der Waals surface area contributed by atoms with Gasteiger partial charge in [0, 0.05) is 7.05 Å². The van der Waals surface area contributed by atoms with Gasteiger partial charge < -0.3 is 14.4 Å². The molecule has 1 amide bonds. The van der Waals surface area contributed by atoms with E-state index in [1.807, 2.05) is 18.2 Å². The summed E-state index contributed by atoms with van der Waals surface area (Å²) in [5.74, 6) is 0.497. The highest BCUT2D eigenvalue weighted by atomic mass is 16.5. The Morgan fingerprint density at radius 3 is 2.27 bits per heavy atom. The molecule has 1 fully saturated rings. The summed E-state index contributed by atoms with van der Waals surface area (Å²) in [7, 11) is 3.16. The molecule has 0 aliphatic carbocycles. The zero-order chi connectivity index (χ0) is 19.7. The number of ketones is 1. The second-order valence-corrected chi connectivity index (χ2v) is 8.72. The van der Waals surface area contributed by atoms with Crippen LogP contribution in [0.15, 0.2) is 30.0 Å². The van der Waals surface area contributed by atoms with Crippen LogP contribution in [0.5, 0.6) is 11.5 Å². The quantitative estimate of drug-likeness (QED) is 0.457. The lowest BCUT2D eigenvalue weighted by Gasteiger charge is -2.33. The van der Waals surface area contributed by atoms with E-state index < -0.39 is 0 Å². The lowest BCUT2D eigenvalue weighted by atomic mass is 9.72. The molecule has 0 unspecified atom stereocenters. The summed E-state index contributed by atoms with van der Waals surface area (Å²) < 4.78 is 11.1. The second kappa shape index (κ2) is 7.14. The number of Topliss-reactive ketones (excluding diaryl/α,β-unsaturated/α-hetero) is 1. The molecule has 0 atom stereocenters. The number of hydrogen-bond acceptors (Lipinski definition) is 4. The van der Waals surface area contributed by atoms with Crippen LogP contribution in [0.2, 0.25) is 0 Å². The van der Waals surface area contributed by atoms with Crippen LogP contribution >= 0.6 is 0 Å². The SMILES string of the molecule is COc1ccc(C(C)(C)CC(C)(C)C)cc1OC=C1C(=O)CN(C)C1=O. The Labute approximate surface area is 156 Å². The van der Waals surface area contributed by atoms with Crippen molar-refractivity contribution in [3.05, 3.63) is 35.6 Å². The fourth-order valence-corrected chi connectivity index (χ4v) is 3.55. The van der Waals surface area contributed by atoms with Gasteiger partial charge in [-0.3, -0.25) is 9.59 Å². The zero-order valence-corrected chi connectivity index (χ0v) is 16.8. The van der Waals surface area contributed by atoms with E-state index in [-0.39, 0.29) is 34.6 Å². The number of likely N-dealkylation sites (tertiary alicyclic amines) is 1. The predicted octanol–water partition coefficient (Wildman–Crippen LogP) is 3.71. The van der Waals surface area contributed by atoms with Crippen molar-refractivity contribution in [1.29, 1.82) is 0 Å². The first-order valence-corrected chi connectivity index (χ1v) is 8.78. The molecule has 0 saturated carbocycles. The van der Waals surface area contributed by atoms with Gasteiger partial charge in [-0.05, 0) is 34.9 Å². The number of benzene rings is 1. The zero-order valence-electron chi connectivity index (χ0n) is 16.8. The summed E-state index contributed by atoms with van der Waals surface area (Å²) in [6, 6.07) is 5.82. The monoisotopic (exact) mass is 359 g/mol. The van der Waals surface area contributed by atoms with Crippen LogP contribution in [0.1, 0.15) is 46.6 Å². The van der Waals surface area contributed by atoms with Crippen LogP contribution in [0.25, 0.3) is 0 Å². The van der Waals surface area contributed by atoms with E-state index in [1.165, 1.54) is 11.2 Å². The third kappa shape index (κ3) is 4.45. The van der Waals surface area contributed by atoms with E-state index in [0.717, 1.165) is 12.0 Å². The summed E-state index contributed by atoms with van der Waals surface area (Å²) in [6.45, 7) is 11.1. The lowest BCUT2D eigenvalue weighted by molar-refractivity contribution is -0.123. The largest absolute Gasteiger partial charge is 0.493 e. The highest BCUT2D eigenvalue weighted by molar-refractivity contribution is 6.24. The topological polar surface area (TPSA) is 55.8 Å². The van der Waals surface area contributed by atoms with Gasteiger partial charge in [-0.25, -0.2) is 0 Å². The Kier molecular flexibility index (Phi) is 5.49. The van der Waals surface area contributed by atoms with Gasteiger partial charge in [0.2, 0.25) is 0 Å². The average Bonchev–Trinajstić information content (AvgIpc) is 2.75. The van der Waals surface area contributed by atoms with Crippen molar-refractivity contribution in [3.63, 3.8) is 0 Å². The molecule has 5 nitrogen and oxygen atoms in total. The molecule has 0 N–H and O–H groups in total. The minimum atomic E-state index is -0.321. The number of nitrogens with zero attached hydrogens (tertiary/aromatic N) is 1. The van der Waals surface area contributed by atoms with E-state index in [4.69, 9.17) is 9.47 Å². The fraction of sp³-hybridized carbons (Fsp3) is 0.524. The van der Waals surface area contributed by atoms with E-state index in [0.29, 0.717) is 11.5 Å². The summed E-state index contributed by atoms with van der Waals surface area (Å²) in [5, 5.41) is 0. The van der Waals surface area contributed by atoms with E-state index in [9.17, 15) is 9.59 Å². The number of carbonyl (C=O) groups excluding carboxylic acids is 2. The van der Waals surface area contributed by atoms with Crippen molar-refractivity contribution in [2.45, 2.75) is 46.5 Å². The van der Waals surface area contributed by atoms with E-state index in [2.05, 4.69) is 34.6 Å². The van der Waals surface area contributed by atoms with Crippen molar-refractivity contribution >= 4 is 11.7 Å². The lowest BCUT2D eigenvalue weighted by Crippen LogP contribution is -2.24. The van der Waals surface area contributed by atoms with Gasteiger partial charge in [0.05, 0.1) is 13.7 Å². The summed E-state index contributed by atoms with van der Waals surface area (Å²) in [5.41, 5.74) is 1.30. The Morgan fingerprint density at radius 2 is 1.77 bits per heavy atom. The summed E-state index contributed by atoms with van der Waals surface area (Å²) in [4.78, 5) is 25.3. The molecule has 0 radical (unpaired) electrons. The Bertz CT molecular complexity index is 741. The van der Waals surface area contributed by atoms with Crippen molar-refractivity contribution in [3.8, 4) is 11.5 Å². The van der Waals surface area contributed by atoms with Crippen molar-refractivity contribution < 1.29 is 19.1 Å². The van der Waals surface area contributed by atoms with Crippen LogP contribution in [0, 0.1) is 5.41 Å². The fourth-order valence-electron chi connectivity index (χ4n) is 3.55. The number of likely N-dealkylation sites (N-methyl/N-ethyl adjacent to an activating group) is 1. The van der Waals surface area contributed by atoms with Crippen molar-refractivity contribution in [2.75, 3.05) is 20.7 Å². The van der Waals surface area contributed by atoms with Crippen molar-refractivity contribution in [1.82, 2.24) is 4.90 Å². The molecule has 26 heavy (non-hydrogen) atoms. The van der Waals surface area contributed by atoms with Crippen LogP contribution in [-0.4, -0.2) is 37.3 Å². The Balaban J connectivity index is 2.33. The maximum atomic E-state index is 12.0. The van der Waals surface area contributed by atoms with Gasteiger partial charge in [0.15, 0.2) is 17.3 Å². The standard InChI is InChI=1S/C21H29NO4/c1-20(2,3)13-21(4,5)14-8-9-17(25-7)18(10-14)26-12-15-16(23)11-22(6)19(15)24/h8-10,12H,11,13H2,1-7H3. The molecule has 1 aliphatic rings. The molecule has 1 aromatic rings. The number of amides is 1. The summed E-state index contributed by atoms with van der Waals surface area (Å²) in [6.07, 6.45) is 2.24. The number of rotatable bonds is 5. The molecule has 1 aromatic carbocycles. The average molecular weight is 359 g/mol. The van der Waals surface area contributed by atoms with Gasteiger partial charge in [-0.2, -0.15) is 0 Å². The first-order valence-electron chi connectivity index (χ1n) is 8.78. The van der Waals surface area contributed by atoms with Gasteiger partial charge in [0.25, 0.3) is 5.91 Å². The predicted molar refractivity (Wildman–Crippen MR) is 101 cm³/mol. The van der Waals surface area contributed by atoms with E-state index >= 15 is 0 Å². The Hall–Kier alpha value is -2.30. The molecule has 0 spiro atoms. The molecule has 5 heteroatoms. The molecule has 2 rings (SSSR count). The third-order valence-corrected chi connectivity index (χ3v) is 4.48. The second-order valence-electron chi connectivity index (χ2n) is 8.72. The van der Waals surface area contributed by atoms with Crippen molar-refractivity contribution in [2.24, 2.45) is 5.41 Å². The van der Waals surface area contributed by atoms with Gasteiger partial charge in [0.1, 0.15) is 11.8 Å². The first kappa shape index (κ1) is 20.0. The normalized spacial score (nSPS) is 17.2.